The molecule has 1 aliphatic carbocycles. The van der Waals surface area contributed by atoms with Crippen LogP contribution in [0.3, 0.4) is 0 Å². The van der Waals surface area contributed by atoms with Crippen LogP contribution in [0.5, 0.6) is 0 Å². The lowest BCUT2D eigenvalue weighted by molar-refractivity contribution is 0.155. The van der Waals surface area contributed by atoms with Crippen molar-refractivity contribution in [1.29, 1.82) is 0 Å². The molecule has 4 heteroatoms. The molecule has 116 valence electrons. The third-order valence-electron chi connectivity index (χ3n) is 4.79. The van der Waals surface area contributed by atoms with Crippen molar-refractivity contribution in [2.45, 2.75) is 51.4 Å². The molecule has 1 saturated heterocycles. The molecule has 0 aromatic rings. The van der Waals surface area contributed by atoms with E-state index in [-0.39, 0.29) is 6.03 Å². The van der Waals surface area contributed by atoms with Crippen LogP contribution in [0, 0.1) is 5.92 Å². The Morgan fingerprint density at radius 3 is 2.55 bits per heavy atom. The number of nitrogens with zero attached hydrogens (tertiary/aromatic N) is 2. The molecule has 0 aromatic carbocycles. The number of nitrogens with one attached hydrogen (secondary N) is 1. The first-order chi connectivity index (χ1) is 9.77. The number of unbranched alkanes of at least 4 members (excludes halogenated alkanes) is 1. The Bertz CT molecular complexity index is 283. The maximum atomic E-state index is 12.2. The molecule has 0 bridgehead atoms. The van der Waals surface area contributed by atoms with Gasteiger partial charge in [0.05, 0.1) is 0 Å². The van der Waals surface area contributed by atoms with Crippen LogP contribution in [-0.4, -0.2) is 55.6 Å². The second-order valence-corrected chi connectivity index (χ2v) is 6.44. The Morgan fingerprint density at radius 2 is 1.85 bits per heavy atom. The summed E-state index contributed by atoms with van der Waals surface area (Å²) in [6.07, 6.45) is 11.0. The minimum atomic E-state index is 0.212. The number of piperazine rings is 1. The molecule has 2 aliphatic rings. The molecule has 2 rings (SSSR count). The van der Waals surface area contributed by atoms with Gasteiger partial charge in [0.25, 0.3) is 0 Å². The van der Waals surface area contributed by atoms with E-state index in [1.807, 2.05) is 16.8 Å². The topological polar surface area (TPSA) is 35.6 Å². The SMILES string of the molecule is CN(CCCCC1CCCCC1)C(=O)N1CCNCC1. The van der Waals surface area contributed by atoms with Gasteiger partial charge in [-0.1, -0.05) is 44.9 Å². The highest BCUT2D eigenvalue weighted by molar-refractivity contribution is 5.74. The van der Waals surface area contributed by atoms with Crippen molar-refractivity contribution in [3.05, 3.63) is 0 Å². The predicted molar refractivity (Wildman–Crippen MR) is 82.9 cm³/mol. The summed E-state index contributed by atoms with van der Waals surface area (Å²) in [5, 5.41) is 3.28. The summed E-state index contributed by atoms with van der Waals surface area (Å²) in [5.74, 6) is 0.970. The monoisotopic (exact) mass is 281 g/mol. The van der Waals surface area contributed by atoms with Crippen molar-refractivity contribution in [2.24, 2.45) is 5.92 Å². The average molecular weight is 281 g/mol. The van der Waals surface area contributed by atoms with Crippen molar-refractivity contribution >= 4 is 6.03 Å². The van der Waals surface area contributed by atoms with Crippen LogP contribution in [0.2, 0.25) is 0 Å². The Morgan fingerprint density at radius 1 is 1.15 bits per heavy atom. The number of carbonyl (C=O) groups is 1. The summed E-state index contributed by atoms with van der Waals surface area (Å²) in [6, 6.07) is 0.212. The largest absolute Gasteiger partial charge is 0.328 e. The van der Waals surface area contributed by atoms with Crippen molar-refractivity contribution < 1.29 is 4.79 Å². The molecule has 0 spiro atoms. The number of hydrogen-bond acceptors (Lipinski definition) is 2. The molecule has 0 aromatic heterocycles. The Hall–Kier alpha value is -0.770. The molecule has 1 N–H and O–H groups in total. The second kappa shape index (κ2) is 8.50. The fraction of sp³-hybridized carbons (Fsp3) is 0.938. The molecule has 1 aliphatic heterocycles. The Labute approximate surface area is 123 Å². The lowest BCUT2D eigenvalue weighted by atomic mass is 9.86. The van der Waals surface area contributed by atoms with Crippen LogP contribution in [0.4, 0.5) is 4.79 Å². The molecule has 4 nitrogen and oxygen atoms in total. The second-order valence-electron chi connectivity index (χ2n) is 6.44. The summed E-state index contributed by atoms with van der Waals surface area (Å²) in [7, 11) is 1.95. The summed E-state index contributed by atoms with van der Waals surface area (Å²) >= 11 is 0. The molecule has 0 atom stereocenters. The standard InChI is InChI=1S/C16H31N3O/c1-18(16(20)19-13-10-17-11-14-19)12-6-5-9-15-7-3-2-4-8-15/h15,17H,2-14H2,1H3. The van der Waals surface area contributed by atoms with Crippen LogP contribution in [0.15, 0.2) is 0 Å². The number of rotatable bonds is 5. The normalized spacial score (nSPS) is 20.9. The highest BCUT2D eigenvalue weighted by atomic mass is 16.2. The number of urea groups is 1. The molecule has 1 heterocycles. The highest BCUT2D eigenvalue weighted by Crippen LogP contribution is 2.27. The fourth-order valence-electron chi connectivity index (χ4n) is 3.45. The van der Waals surface area contributed by atoms with Gasteiger partial charge >= 0.3 is 6.03 Å². The zero-order valence-corrected chi connectivity index (χ0v) is 13.1. The number of carbonyl (C=O) groups excluding carboxylic acids is 1. The zero-order chi connectivity index (χ0) is 14.2. The predicted octanol–water partition coefficient (Wildman–Crippen LogP) is 2.69. The average Bonchev–Trinajstić information content (AvgIpc) is 2.52. The van der Waals surface area contributed by atoms with Crippen molar-refractivity contribution in [3.63, 3.8) is 0 Å². The first-order valence-electron chi connectivity index (χ1n) is 8.48. The van der Waals surface area contributed by atoms with E-state index in [4.69, 9.17) is 0 Å². The molecule has 2 fully saturated rings. The van der Waals surface area contributed by atoms with E-state index in [9.17, 15) is 4.79 Å². The highest BCUT2D eigenvalue weighted by Gasteiger charge is 2.19. The van der Waals surface area contributed by atoms with E-state index in [1.54, 1.807) is 0 Å². The first kappa shape index (κ1) is 15.6. The Kier molecular flexibility index (Phi) is 6.64. The van der Waals surface area contributed by atoms with Gasteiger partial charge < -0.3 is 15.1 Å². The van der Waals surface area contributed by atoms with Gasteiger partial charge in [0.2, 0.25) is 0 Å². The maximum absolute atomic E-state index is 12.2. The maximum Gasteiger partial charge on any atom is 0.319 e. The third-order valence-corrected chi connectivity index (χ3v) is 4.79. The molecular weight excluding hydrogens is 250 g/mol. The van der Waals surface area contributed by atoms with E-state index < -0.39 is 0 Å². The molecule has 0 unspecified atom stereocenters. The van der Waals surface area contributed by atoms with Crippen LogP contribution in [-0.2, 0) is 0 Å². The van der Waals surface area contributed by atoms with E-state index in [1.165, 1.54) is 44.9 Å². The fourth-order valence-corrected chi connectivity index (χ4v) is 3.45. The van der Waals surface area contributed by atoms with Gasteiger partial charge in [-0.15, -0.1) is 0 Å². The van der Waals surface area contributed by atoms with Gasteiger partial charge in [-0.3, -0.25) is 0 Å². The summed E-state index contributed by atoms with van der Waals surface area (Å²) in [4.78, 5) is 16.1. The van der Waals surface area contributed by atoms with Crippen LogP contribution < -0.4 is 5.32 Å². The van der Waals surface area contributed by atoms with Gasteiger partial charge in [0, 0.05) is 39.8 Å². The van der Waals surface area contributed by atoms with E-state index >= 15 is 0 Å². The lowest BCUT2D eigenvalue weighted by Gasteiger charge is -2.31. The lowest BCUT2D eigenvalue weighted by Crippen LogP contribution is -2.50. The summed E-state index contributed by atoms with van der Waals surface area (Å²) in [6.45, 7) is 4.48. The number of amides is 2. The Balaban J connectivity index is 1.56. The van der Waals surface area contributed by atoms with Crippen molar-refractivity contribution in [3.8, 4) is 0 Å². The number of hydrogen-bond donors (Lipinski definition) is 1. The van der Waals surface area contributed by atoms with Crippen molar-refractivity contribution in [1.82, 2.24) is 15.1 Å². The minimum absolute atomic E-state index is 0.212. The van der Waals surface area contributed by atoms with E-state index in [0.29, 0.717) is 0 Å². The smallest absolute Gasteiger partial charge is 0.319 e. The quantitative estimate of drug-likeness (QED) is 0.787. The first-order valence-corrected chi connectivity index (χ1v) is 8.48. The van der Waals surface area contributed by atoms with Gasteiger partial charge in [-0.2, -0.15) is 0 Å². The van der Waals surface area contributed by atoms with Crippen molar-refractivity contribution in [2.75, 3.05) is 39.8 Å². The minimum Gasteiger partial charge on any atom is -0.328 e. The van der Waals surface area contributed by atoms with E-state index in [2.05, 4.69) is 5.32 Å². The van der Waals surface area contributed by atoms with E-state index in [0.717, 1.165) is 45.1 Å². The van der Waals surface area contributed by atoms with Gasteiger partial charge in [-0.05, 0) is 12.3 Å². The summed E-state index contributed by atoms with van der Waals surface area (Å²) in [5.41, 5.74) is 0. The zero-order valence-electron chi connectivity index (χ0n) is 13.1. The van der Waals surface area contributed by atoms with Gasteiger partial charge in [-0.25, -0.2) is 4.79 Å². The van der Waals surface area contributed by atoms with Gasteiger partial charge in [0.1, 0.15) is 0 Å². The molecule has 20 heavy (non-hydrogen) atoms. The van der Waals surface area contributed by atoms with Crippen LogP contribution in [0.1, 0.15) is 51.4 Å². The molecule has 0 radical (unpaired) electrons. The molecular formula is C16H31N3O. The summed E-state index contributed by atoms with van der Waals surface area (Å²) < 4.78 is 0. The molecule has 2 amide bonds. The van der Waals surface area contributed by atoms with Gasteiger partial charge in [0.15, 0.2) is 0 Å². The van der Waals surface area contributed by atoms with Crippen LogP contribution in [0.25, 0.3) is 0 Å². The van der Waals surface area contributed by atoms with Crippen LogP contribution >= 0.6 is 0 Å². The molecule has 1 saturated carbocycles. The third kappa shape index (κ3) is 4.97.